The lowest BCUT2D eigenvalue weighted by atomic mass is 9.79. The Bertz CT molecular complexity index is 448. The molecule has 0 radical (unpaired) electrons. The van der Waals surface area contributed by atoms with Gasteiger partial charge in [0, 0.05) is 30.9 Å². The van der Waals surface area contributed by atoms with Gasteiger partial charge in [-0.1, -0.05) is 25.1 Å². The highest BCUT2D eigenvalue weighted by Gasteiger charge is 2.44. The van der Waals surface area contributed by atoms with Gasteiger partial charge in [0.05, 0.1) is 12.7 Å². The molecule has 0 bridgehead atoms. The van der Waals surface area contributed by atoms with E-state index in [9.17, 15) is 0 Å². The zero-order valence-corrected chi connectivity index (χ0v) is 11.8. The van der Waals surface area contributed by atoms with Gasteiger partial charge >= 0.3 is 0 Å². The van der Waals surface area contributed by atoms with Gasteiger partial charge < -0.3 is 14.8 Å². The van der Waals surface area contributed by atoms with Gasteiger partial charge in [0.15, 0.2) is 0 Å². The molecule has 3 heteroatoms. The molecule has 2 aliphatic rings. The van der Waals surface area contributed by atoms with Gasteiger partial charge in [-0.05, 0) is 19.5 Å². The Labute approximate surface area is 115 Å². The van der Waals surface area contributed by atoms with Gasteiger partial charge in [-0.2, -0.15) is 0 Å². The van der Waals surface area contributed by atoms with Crippen LogP contribution in [0, 0.1) is 0 Å². The van der Waals surface area contributed by atoms with Gasteiger partial charge in [0.1, 0.15) is 11.4 Å². The quantitative estimate of drug-likeness (QED) is 0.887. The minimum atomic E-state index is -0.0407. The number of fused-ring (bicyclic) bond motifs is 1. The first kappa shape index (κ1) is 12.9. The molecule has 3 nitrogen and oxygen atoms in total. The summed E-state index contributed by atoms with van der Waals surface area (Å²) in [5, 5.41) is 3.44. The van der Waals surface area contributed by atoms with Crippen molar-refractivity contribution in [1.82, 2.24) is 5.32 Å². The molecule has 2 aliphatic heterocycles. The maximum absolute atomic E-state index is 6.40. The van der Waals surface area contributed by atoms with E-state index in [2.05, 4.69) is 36.5 Å². The van der Waals surface area contributed by atoms with Crippen molar-refractivity contribution in [2.75, 3.05) is 13.7 Å². The number of hydrogen-bond acceptors (Lipinski definition) is 3. The Kier molecular flexibility index (Phi) is 3.50. The summed E-state index contributed by atoms with van der Waals surface area (Å²) in [6.07, 6.45) is 4.46. The summed E-state index contributed by atoms with van der Waals surface area (Å²) in [6.45, 7) is 3.01. The third-order valence-electron chi connectivity index (χ3n) is 4.51. The van der Waals surface area contributed by atoms with Crippen molar-refractivity contribution >= 4 is 0 Å². The highest BCUT2D eigenvalue weighted by molar-refractivity contribution is 5.39. The third kappa shape index (κ3) is 2.37. The minimum Gasteiger partial charge on any atom is -0.487 e. The maximum Gasteiger partial charge on any atom is 0.124 e. The summed E-state index contributed by atoms with van der Waals surface area (Å²) in [5.41, 5.74) is 1.25. The van der Waals surface area contributed by atoms with E-state index in [4.69, 9.17) is 9.47 Å². The molecule has 104 valence electrons. The predicted molar refractivity (Wildman–Crippen MR) is 75.5 cm³/mol. The van der Waals surface area contributed by atoms with Crippen LogP contribution in [0.4, 0.5) is 0 Å². The fourth-order valence-corrected chi connectivity index (χ4v) is 3.40. The fraction of sp³-hybridized carbons (Fsp3) is 0.625. The van der Waals surface area contributed by atoms with Crippen LogP contribution in [0.3, 0.4) is 0 Å². The molecule has 1 aromatic rings. The van der Waals surface area contributed by atoms with Crippen molar-refractivity contribution in [2.45, 2.75) is 50.4 Å². The Hall–Kier alpha value is -1.06. The van der Waals surface area contributed by atoms with E-state index in [0.29, 0.717) is 12.1 Å². The van der Waals surface area contributed by atoms with Crippen LogP contribution >= 0.6 is 0 Å². The summed E-state index contributed by atoms with van der Waals surface area (Å²) in [4.78, 5) is 0. The number of ether oxygens (including phenoxy) is 2. The predicted octanol–water partition coefficient (Wildman–Crippen LogP) is 3.06. The van der Waals surface area contributed by atoms with Crippen molar-refractivity contribution in [2.24, 2.45) is 0 Å². The molecule has 1 aromatic carbocycles. The van der Waals surface area contributed by atoms with E-state index in [1.54, 1.807) is 0 Å². The number of nitrogens with one attached hydrogen (secondary N) is 1. The average molecular weight is 261 g/mol. The van der Waals surface area contributed by atoms with E-state index in [0.717, 1.165) is 38.0 Å². The summed E-state index contributed by atoms with van der Waals surface area (Å²) >= 11 is 0. The van der Waals surface area contributed by atoms with E-state index in [1.165, 1.54) is 5.56 Å². The van der Waals surface area contributed by atoms with E-state index in [1.807, 2.05) is 7.05 Å². The second-order valence-corrected chi connectivity index (χ2v) is 5.72. The van der Waals surface area contributed by atoms with Crippen LogP contribution < -0.4 is 10.1 Å². The molecular weight excluding hydrogens is 238 g/mol. The van der Waals surface area contributed by atoms with Crippen LogP contribution in [0.15, 0.2) is 24.3 Å². The van der Waals surface area contributed by atoms with Crippen LogP contribution in [0.1, 0.15) is 44.2 Å². The second-order valence-electron chi connectivity index (χ2n) is 5.72. The Morgan fingerprint density at radius 1 is 1.32 bits per heavy atom. The molecule has 1 N–H and O–H groups in total. The molecule has 3 atom stereocenters. The molecule has 0 amide bonds. The first-order valence-corrected chi connectivity index (χ1v) is 7.33. The third-order valence-corrected chi connectivity index (χ3v) is 4.51. The fourth-order valence-electron chi connectivity index (χ4n) is 3.40. The van der Waals surface area contributed by atoms with Gasteiger partial charge in [-0.3, -0.25) is 0 Å². The Morgan fingerprint density at radius 3 is 2.95 bits per heavy atom. The summed E-state index contributed by atoms with van der Waals surface area (Å²) in [7, 11) is 2.04. The number of benzene rings is 1. The van der Waals surface area contributed by atoms with Gasteiger partial charge in [-0.15, -0.1) is 0 Å². The zero-order chi connectivity index (χ0) is 13.3. The van der Waals surface area contributed by atoms with E-state index < -0.39 is 0 Å². The van der Waals surface area contributed by atoms with Crippen LogP contribution in [0.2, 0.25) is 0 Å². The van der Waals surface area contributed by atoms with Crippen molar-refractivity contribution in [1.29, 1.82) is 0 Å². The number of rotatable bonds is 2. The molecule has 19 heavy (non-hydrogen) atoms. The Morgan fingerprint density at radius 2 is 2.16 bits per heavy atom. The lowest BCUT2D eigenvalue weighted by Gasteiger charge is -2.46. The highest BCUT2D eigenvalue weighted by atomic mass is 16.5. The minimum absolute atomic E-state index is 0.0407. The van der Waals surface area contributed by atoms with E-state index in [-0.39, 0.29) is 5.60 Å². The smallest absolute Gasteiger partial charge is 0.124 e. The van der Waals surface area contributed by atoms with Crippen molar-refractivity contribution in [3.05, 3.63) is 29.8 Å². The number of hydrogen-bond donors (Lipinski definition) is 1. The van der Waals surface area contributed by atoms with Crippen molar-refractivity contribution in [3.8, 4) is 5.75 Å². The molecule has 1 spiro atoms. The SMILES string of the molecule is CCC1CC2(CCO1)CC(NC)c1ccccc1O2. The van der Waals surface area contributed by atoms with Crippen molar-refractivity contribution < 1.29 is 9.47 Å². The molecule has 3 unspecified atom stereocenters. The van der Waals surface area contributed by atoms with Crippen LogP contribution in [-0.2, 0) is 4.74 Å². The molecule has 1 fully saturated rings. The highest BCUT2D eigenvalue weighted by Crippen LogP contribution is 2.45. The van der Waals surface area contributed by atoms with Gasteiger partial charge in [0.2, 0.25) is 0 Å². The van der Waals surface area contributed by atoms with Crippen molar-refractivity contribution in [3.63, 3.8) is 0 Å². The van der Waals surface area contributed by atoms with Crippen LogP contribution in [0.5, 0.6) is 5.75 Å². The zero-order valence-electron chi connectivity index (χ0n) is 11.8. The lowest BCUT2D eigenvalue weighted by molar-refractivity contribution is -0.103. The molecule has 0 saturated carbocycles. The van der Waals surface area contributed by atoms with E-state index >= 15 is 0 Å². The van der Waals surface area contributed by atoms with Gasteiger partial charge in [0.25, 0.3) is 0 Å². The monoisotopic (exact) mass is 261 g/mol. The first-order valence-electron chi connectivity index (χ1n) is 7.33. The largest absolute Gasteiger partial charge is 0.487 e. The summed E-state index contributed by atoms with van der Waals surface area (Å²) < 4.78 is 12.2. The summed E-state index contributed by atoms with van der Waals surface area (Å²) in [5.74, 6) is 1.05. The lowest BCUT2D eigenvalue weighted by Crippen LogP contribution is -2.49. The normalized spacial score (nSPS) is 33.8. The number of para-hydroxylation sites is 1. The standard InChI is InChI=1S/C16H23NO2/c1-3-12-10-16(8-9-18-12)11-14(17-2)13-6-4-5-7-15(13)19-16/h4-7,12,14,17H,3,8-11H2,1-2H3. The molecular formula is C16H23NO2. The van der Waals surface area contributed by atoms with Crippen LogP contribution in [0.25, 0.3) is 0 Å². The molecule has 0 aliphatic carbocycles. The topological polar surface area (TPSA) is 30.5 Å². The Balaban J connectivity index is 1.90. The summed E-state index contributed by atoms with van der Waals surface area (Å²) in [6, 6.07) is 8.79. The average Bonchev–Trinajstić information content (AvgIpc) is 2.46. The molecule has 1 saturated heterocycles. The second kappa shape index (κ2) is 5.14. The molecule has 3 rings (SSSR count). The molecule has 0 aromatic heterocycles. The maximum atomic E-state index is 6.40. The molecule has 2 heterocycles. The van der Waals surface area contributed by atoms with Gasteiger partial charge in [-0.25, -0.2) is 0 Å². The first-order chi connectivity index (χ1) is 9.26. The van der Waals surface area contributed by atoms with Crippen LogP contribution in [-0.4, -0.2) is 25.4 Å².